The number of nitrogens with zero attached hydrogens (tertiary/aromatic N) is 1. The van der Waals surface area contributed by atoms with Gasteiger partial charge in [0.05, 0.1) is 41.0 Å². The smallest absolute Gasteiger partial charge is 0.254 e. The van der Waals surface area contributed by atoms with Gasteiger partial charge in [-0.3, -0.25) is 4.79 Å². The van der Waals surface area contributed by atoms with Gasteiger partial charge in [-0.1, -0.05) is 12.1 Å². The van der Waals surface area contributed by atoms with Crippen LogP contribution in [0.1, 0.15) is 24.4 Å². The van der Waals surface area contributed by atoms with Crippen molar-refractivity contribution in [2.24, 2.45) is 0 Å². The molecule has 2 heterocycles. The summed E-state index contributed by atoms with van der Waals surface area (Å²) in [5.74, 6) is 0.938. The molecular weight excluding hydrogens is 374 g/mol. The molecule has 1 amide bonds. The molecule has 0 saturated heterocycles. The van der Waals surface area contributed by atoms with Crippen molar-refractivity contribution in [1.82, 2.24) is 5.32 Å². The number of benzene rings is 1. The van der Waals surface area contributed by atoms with Gasteiger partial charge in [0.25, 0.3) is 5.91 Å². The van der Waals surface area contributed by atoms with E-state index in [0.29, 0.717) is 39.1 Å². The largest absolute Gasteiger partial charge is 0.495 e. The monoisotopic (exact) mass is 395 g/mol. The number of para-hydroxylation sites is 2. The minimum absolute atomic E-state index is 0.318. The molecule has 1 aliphatic rings. The molecule has 1 aromatic carbocycles. The van der Waals surface area contributed by atoms with Gasteiger partial charge in [0.1, 0.15) is 17.3 Å². The van der Waals surface area contributed by atoms with Crippen LogP contribution in [0.3, 0.4) is 0 Å². The maximum Gasteiger partial charge on any atom is 0.254 e. The molecule has 7 heteroatoms. The topological polar surface area (TPSA) is 87.3 Å². The number of rotatable bonds is 5. The van der Waals surface area contributed by atoms with Crippen molar-refractivity contribution < 1.29 is 13.9 Å². The van der Waals surface area contributed by atoms with Crippen LogP contribution in [0.5, 0.6) is 5.75 Å². The van der Waals surface area contributed by atoms with Crippen molar-refractivity contribution in [3.8, 4) is 11.8 Å². The molecule has 0 bridgehead atoms. The van der Waals surface area contributed by atoms with Crippen molar-refractivity contribution in [2.75, 3.05) is 18.7 Å². The molecule has 6 nitrogen and oxygen atoms in total. The highest BCUT2D eigenvalue weighted by atomic mass is 32.2. The number of nitrogens with one attached hydrogen (secondary N) is 2. The Morgan fingerprint density at radius 3 is 2.64 bits per heavy atom. The predicted octanol–water partition coefficient (Wildman–Crippen LogP) is 4.29. The van der Waals surface area contributed by atoms with E-state index in [2.05, 4.69) is 16.7 Å². The predicted molar refractivity (Wildman–Crippen MR) is 110 cm³/mol. The number of amides is 1. The Hall–Kier alpha value is -3.11. The van der Waals surface area contributed by atoms with Crippen molar-refractivity contribution in [3.05, 3.63) is 69.8 Å². The number of carbonyl (C=O) groups excluding carboxylic acids is 1. The number of allylic oxidation sites excluding steroid dienone is 2. The third-order valence-electron chi connectivity index (χ3n) is 4.50. The van der Waals surface area contributed by atoms with Crippen LogP contribution in [0.15, 0.2) is 62.7 Å². The SMILES string of the molecule is COc1ccccc1NC(=O)C1=C(C)NC(SC)=C(C#N)C1c1ccc(C)o1. The molecule has 0 fully saturated rings. The van der Waals surface area contributed by atoms with Crippen molar-refractivity contribution in [2.45, 2.75) is 19.8 Å². The fraction of sp³-hybridized carbons (Fsp3) is 0.238. The Bertz CT molecular complexity index is 1010. The first kappa shape index (κ1) is 19.6. The molecule has 1 aromatic heterocycles. The number of hydrogen-bond donors (Lipinski definition) is 2. The average molecular weight is 395 g/mol. The van der Waals surface area contributed by atoms with Crippen LogP contribution in [-0.2, 0) is 4.79 Å². The van der Waals surface area contributed by atoms with E-state index in [9.17, 15) is 10.1 Å². The number of aryl methyl sites for hydroxylation is 1. The first-order valence-corrected chi connectivity index (χ1v) is 9.89. The number of anilines is 1. The van der Waals surface area contributed by atoms with Crippen LogP contribution in [0, 0.1) is 18.3 Å². The zero-order chi connectivity index (χ0) is 20.3. The first-order valence-electron chi connectivity index (χ1n) is 8.66. The molecular formula is C21H21N3O3S. The number of hydrogen-bond acceptors (Lipinski definition) is 6. The first-order chi connectivity index (χ1) is 13.5. The molecule has 1 unspecified atom stereocenters. The van der Waals surface area contributed by atoms with E-state index < -0.39 is 5.92 Å². The Morgan fingerprint density at radius 2 is 2.04 bits per heavy atom. The maximum atomic E-state index is 13.2. The minimum atomic E-state index is -0.586. The standard InChI is InChI=1S/C21H21N3O3S/c1-12-9-10-17(27-12)19-14(11-22)21(28-4)23-13(2)18(19)20(25)24-15-7-5-6-8-16(15)26-3/h5-10,19,23H,1-4H3,(H,24,25). The zero-order valence-corrected chi connectivity index (χ0v) is 16.9. The van der Waals surface area contributed by atoms with Crippen LogP contribution >= 0.6 is 11.8 Å². The van der Waals surface area contributed by atoms with Crippen LogP contribution in [0.4, 0.5) is 5.69 Å². The van der Waals surface area contributed by atoms with E-state index in [4.69, 9.17) is 9.15 Å². The molecule has 2 aromatic rings. The zero-order valence-electron chi connectivity index (χ0n) is 16.1. The summed E-state index contributed by atoms with van der Waals surface area (Å²) in [6.07, 6.45) is 1.89. The molecule has 0 aliphatic carbocycles. The van der Waals surface area contributed by atoms with E-state index in [0.717, 1.165) is 5.76 Å². The van der Waals surface area contributed by atoms with Gasteiger partial charge in [-0.25, -0.2) is 0 Å². The highest BCUT2D eigenvalue weighted by molar-refractivity contribution is 8.02. The Labute approximate surface area is 168 Å². The summed E-state index contributed by atoms with van der Waals surface area (Å²) < 4.78 is 11.1. The second-order valence-corrected chi connectivity index (χ2v) is 7.07. The highest BCUT2D eigenvalue weighted by Crippen LogP contribution is 2.41. The average Bonchev–Trinajstić information content (AvgIpc) is 3.13. The van der Waals surface area contributed by atoms with Gasteiger partial charge in [-0.2, -0.15) is 5.26 Å². The van der Waals surface area contributed by atoms with Crippen molar-refractivity contribution in [1.29, 1.82) is 5.26 Å². The van der Waals surface area contributed by atoms with E-state index in [1.54, 1.807) is 19.2 Å². The lowest BCUT2D eigenvalue weighted by atomic mass is 9.85. The summed E-state index contributed by atoms with van der Waals surface area (Å²) in [5, 5.41) is 16.6. The summed E-state index contributed by atoms with van der Waals surface area (Å²) >= 11 is 1.43. The van der Waals surface area contributed by atoms with Gasteiger partial charge in [0.15, 0.2) is 0 Å². The van der Waals surface area contributed by atoms with Gasteiger partial charge in [0.2, 0.25) is 0 Å². The Balaban J connectivity index is 2.06. The van der Waals surface area contributed by atoms with Crippen LogP contribution in [0.2, 0.25) is 0 Å². The molecule has 0 saturated carbocycles. The normalized spacial score (nSPS) is 16.5. The summed E-state index contributed by atoms with van der Waals surface area (Å²) in [7, 11) is 1.55. The number of thioether (sulfide) groups is 1. The molecule has 3 rings (SSSR count). The summed E-state index contributed by atoms with van der Waals surface area (Å²) in [6, 6.07) is 13.1. The summed E-state index contributed by atoms with van der Waals surface area (Å²) in [6.45, 7) is 3.66. The van der Waals surface area contributed by atoms with Crippen molar-refractivity contribution >= 4 is 23.4 Å². The summed E-state index contributed by atoms with van der Waals surface area (Å²) in [4.78, 5) is 13.2. The van der Waals surface area contributed by atoms with E-state index >= 15 is 0 Å². The third kappa shape index (κ3) is 3.64. The lowest BCUT2D eigenvalue weighted by Crippen LogP contribution is -2.30. The molecule has 1 atom stereocenters. The van der Waals surface area contributed by atoms with Gasteiger partial charge in [-0.15, -0.1) is 11.8 Å². The number of ether oxygens (including phenoxy) is 1. The minimum Gasteiger partial charge on any atom is -0.495 e. The van der Waals surface area contributed by atoms with Crippen LogP contribution < -0.4 is 15.4 Å². The Morgan fingerprint density at radius 1 is 1.29 bits per heavy atom. The van der Waals surface area contributed by atoms with Gasteiger partial charge < -0.3 is 19.8 Å². The molecule has 0 spiro atoms. The molecule has 0 radical (unpaired) electrons. The number of carbonyl (C=O) groups is 1. The fourth-order valence-corrected chi connectivity index (χ4v) is 3.84. The molecule has 144 valence electrons. The van der Waals surface area contributed by atoms with Gasteiger partial charge in [0, 0.05) is 5.70 Å². The number of furan rings is 1. The van der Waals surface area contributed by atoms with Crippen LogP contribution in [0.25, 0.3) is 0 Å². The number of dihydropyridines is 1. The Kier molecular flexibility index (Phi) is 5.81. The van der Waals surface area contributed by atoms with Gasteiger partial charge in [-0.05, 0) is 44.4 Å². The summed E-state index contributed by atoms with van der Waals surface area (Å²) in [5.41, 5.74) is 2.13. The fourth-order valence-electron chi connectivity index (χ4n) is 3.21. The quantitative estimate of drug-likeness (QED) is 0.785. The lowest BCUT2D eigenvalue weighted by Gasteiger charge is -2.28. The molecule has 1 aliphatic heterocycles. The highest BCUT2D eigenvalue weighted by Gasteiger charge is 2.36. The number of nitriles is 1. The van der Waals surface area contributed by atoms with Crippen LogP contribution in [-0.4, -0.2) is 19.3 Å². The lowest BCUT2D eigenvalue weighted by molar-refractivity contribution is -0.113. The second-order valence-electron chi connectivity index (χ2n) is 6.26. The van der Waals surface area contributed by atoms with E-state index in [1.807, 2.05) is 44.4 Å². The maximum absolute atomic E-state index is 13.2. The molecule has 28 heavy (non-hydrogen) atoms. The number of methoxy groups -OCH3 is 1. The second kappa shape index (κ2) is 8.28. The molecule has 2 N–H and O–H groups in total. The van der Waals surface area contributed by atoms with Gasteiger partial charge >= 0.3 is 0 Å². The van der Waals surface area contributed by atoms with Crippen molar-refractivity contribution in [3.63, 3.8) is 0 Å². The van der Waals surface area contributed by atoms with E-state index in [1.165, 1.54) is 11.8 Å². The third-order valence-corrected chi connectivity index (χ3v) is 5.23. The van der Waals surface area contributed by atoms with E-state index in [-0.39, 0.29) is 5.91 Å².